The summed E-state index contributed by atoms with van der Waals surface area (Å²) in [5, 5.41) is 15.7. The summed E-state index contributed by atoms with van der Waals surface area (Å²) >= 11 is 0. The van der Waals surface area contributed by atoms with Crippen molar-refractivity contribution in [1.82, 2.24) is 15.2 Å². The summed E-state index contributed by atoms with van der Waals surface area (Å²) in [4.78, 5) is 26.6. The van der Waals surface area contributed by atoms with Gasteiger partial charge in [-0.2, -0.15) is 5.10 Å². The molecule has 3 rings (SSSR count). The topological polar surface area (TPSA) is 95.9 Å². The monoisotopic (exact) mass is 285 g/mol. The quantitative estimate of drug-likeness (QED) is 0.887. The zero-order valence-corrected chi connectivity index (χ0v) is 11.4. The lowest BCUT2D eigenvalue weighted by Gasteiger charge is -2.17. The van der Waals surface area contributed by atoms with Crippen molar-refractivity contribution in [2.45, 2.75) is 32.1 Å². The largest absolute Gasteiger partial charge is 0.477 e. The van der Waals surface area contributed by atoms with Crippen LogP contribution in [0.1, 0.15) is 45.7 Å². The second kappa shape index (κ2) is 5.47. The Labute approximate surface area is 120 Å². The van der Waals surface area contributed by atoms with E-state index >= 15 is 0 Å². The number of nitrogens with one attached hydrogen (secondary N) is 1. The summed E-state index contributed by atoms with van der Waals surface area (Å²) < 4.78 is 0. The smallest absolute Gasteiger partial charge is 0.354 e. The molecule has 0 fully saturated rings. The van der Waals surface area contributed by atoms with Gasteiger partial charge < -0.3 is 5.11 Å². The van der Waals surface area contributed by atoms with Gasteiger partial charge in [-0.15, -0.1) is 0 Å². The van der Waals surface area contributed by atoms with Gasteiger partial charge in [0.15, 0.2) is 0 Å². The average Bonchev–Trinajstić information content (AvgIpc) is 2.51. The molecule has 1 aliphatic carbocycles. The number of carboxylic acids is 1. The fourth-order valence-corrected chi connectivity index (χ4v) is 2.77. The number of aromatic carboxylic acids is 1. The molecule has 0 aromatic carbocycles. The Morgan fingerprint density at radius 1 is 1.29 bits per heavy atom. The lowest BCUT2D eigenvalue weighted by Crippen LogP contribution is -2.23. The molecule has 2 N–H and O–H groups in total. The second-order valence-electron chi connectivity index (χ2n) is 5.19. The van der Waals surface area contributed by atoms with Crippen molar-refractivity contribution in [1.29, 1.82) is 0 Å². The van der Waals surface area contributed by atoms with Crippen molar-refractivity contribution in [2.24, 2.45) is 0 Å². The standard InChI is InChI=1S/C15H15N3O3/c19-14-11-4-2-1-3-10(11)12(17-18-14)7-9-5-6-16-13(8-9)15(20)21/h5-6,8H,1-4,7H2,(H,18,19)(H,20,21). The maximum Gasteiger partial charge on any atom is 0.354 e. The van der Waals surface area contributed by atoms with Crippen molar-refractivity contribution in [3.8, 4) is 0 Å². The Morgan fingerprint density at radius 2 is 2.05 bits per heavy atom. The number of hydrogen-bond acceptors (Lipinski definition) is 4. The van der Waals surface area contributed by atoms with Crippen molar-refractivity contribution in [2.75, 3.05) is 0 Å². The third-order valence-corrected chi connectivity index (χ3v) is 3.80. The van der Waals surface area contributed by atoms with E-state index in [4.69, 9.17) is 5.11 Å². The van der Waals surface area contributed by atoms with E-state index < -0.39 is 5.97 Å². The van der Waals surface area contributed by atoms with Crippen molar-refractivity contribution >= 4 is 5.97 Å². The number of nitrogens with zero attached hydrogens (tertiary/aromatic N) is 2. The minimum atomic E-state index is -1.05. The number of rotatable bonds is 3. The summed E-state index contributed by atoms with van der Waals surface area (Å²) in [7, 11) is 0. The molecule has 0 saturated carbocycles. The normalized spacial score (nSPS) is 13.7. The van der Waals surface area contributed by atoms with Gasteiger partial charge in [-0.05, 0) is 48.9 Å². The van der Waals surface area contributed by atoms with E-state index in [1.165, 1.54) is 6.20 Å². The zero-order chi connectivity index (χ0) is 14.8. The highest BCUT2D eigenvalue weighted by molar-refractivity contribution is 5.85. The van der Waals surface area contributed by atoms with Gasteiger partial charge in [0.1, 0.15) is 5.69 Å². The molecule has 21 heavy (non-hydrogen) atoms. The first kappa shape index (κ1) is 13.5. The van der Waals surface area contributed by atoms with Crippen molar-refractivity contribution < 1.29 is 9.90 Å². The minimum absolute atomic E-state index is 0.0193. The molecule has 2 aromatic heterocycles. The molecule has 1 aliphatic rings. The van der Waals surface area contributed by atoms with Crippen LogP contribution in [0.3, 0.4) is 0 Å². The minimum Gasteiger partial charge on any atom is -0.477 e. The van der Waals surface area contributed by atoms with Gasteiger partial charge in [-0.25, -0.2) is 14.9 Å². The van der Waals surface area contributed by atoms with Crippen LogP contribution in [0, 0.1) is 0 Å². The summed E-state index contributed by atoms with van der Waals surface area (Å²) in [5.74, 6) is -1.05. The molecule has 0 radical (unpaired) electrons. The lowest BCUT2D eigenvalue weighted by molar-refractivity contribution is 0.0690. The maximum atomic E-state index is 11.8. The number of fused-ring (bicyclic) bond motifs is 1. The average molecular weight is 285 g/mol. The Kier molecular flexibility index (Phi) is 3.51. The van der Waals surface area contributed by atoms with E-state index in [-0.39, 0.29) is 11.3 Å². The van der Waals surface area contributed by atoms with Gasteiger partial charge in [0.25, 0.3) is 5.56 Å². The van der Waals surface area contributed by atoms with Gasteiger partial charge in [0, 0.05) is 18.2 Å². The molecule has 108 valence electrons. The first-order valence-corrected chi connectivity index (χ1v) is 6.92. The van der Waals surface area contributed by atoms with E-state index in [1.54, 1.807) is 12.1 Å². The summed E-state index contributed by atoms with van der Waals surface area (Å²) in [5.41, 5.74) is 3.43. The SMILES string of the molecule is O=C(O)c1cc(Cc2n[nH]c(=O)c3c2CCCC3)ccn1. The molecule has 0 atom stereocenters. The molecule has 0 aliphatic heterocycles. The van der Waals surface area contributed by atoms with Gasteiger partial charge in [0.2, 0.25) is 0 Å². The lowest BCUT2D eigenvalue weighted by atomic mass is 9.90. The highest BCUT2D eigenvalue weighted by atomic mass is 16.4. The first-order valence-electron chi connectivity index (χ1n) is 6.92. The molecule has 0 spiro atoms. The third-order valence-electron chi connectivity index (χ3n) is 3.80. The molecule has 6 nitrogen and oxygen atoms in total. The van der Waals surface area contributed by atoms with Gasteiger partial charge in [-0.3, -0.25) is 4.79 Å². The fourth-order valence-electron chi connectivity index (χ4n) is 2.77. The van der Waals surface area contributed by atoms with E-state index in [1.807, 2.05) is 0 Å². The van der Waals surface area contributed by atoms with Crippen molar-refractivity contribution in [3.63, 3.8) is 0 Å². The van der Waals surface area contributed by atoms with Crippen LogP contribution in [-0.2, 0) is 19.3 Å². The van der Waals surface area contributed by atoms with Crippen LogP contribution in [0.2, 0.25) is 0 Å². The molecule has 0 amide bonds. The number of aromatic amines is 1. The molecule has 6 heteroatoms. The highest BCUT2D eigenvalue weighted by Crippen LogP contribution is 2.22. The summed E-state index contributed by atoms with van der Waals surface area (Å²) in [6.07, 6.45) is 5.72. The molecular weight excluding hydrogens is 270 g/mol. The van der Waals surface area contributed by atoms with Crippen LogP contribution in [0.5, 0.6) is 0 Å². The first-order chi connectivity index (χ1) is 10.1. The summed E-state index contributed by atoms with van der Waals surface area (Å²) in [6.45, 7) is 0. The van der Waals surface area contributed by atoms with Crippen LogP contribution in [0.25, 0.3) is 0 Å². The Hall–Kier alpha value is -2.50. The van der Waals surface area contributed by atoms with Gasteiger partial charge in [-0.1, -0.05) is 0 Å². The van der Waals surface area contributed by atoms with E-state index in [0.29, 0.717) is 6.42 Å². The number of carbonyl (C=O) groups is 1. The molecule has 0 unspecified atom stereocenters. The van der Waals surface area contributed by atoms with Crippen LogP contribution in [0.4, 0.5) is 0 Å². The maximum absolute atomic E-state index is 11.8. The van der Waals surface area contributed by atoms with E-state index in [0.717, 1.165) is 48.1 Å². The van der Waals surface area contributed by atoms with E-state index in [2.05, 4.69) is 15.2 Å². The molecule has 2 aromatic rings. The molecule has 0 saturated heterocycles. The van der Waals surface area contributed by atoms with Crippen LogP contribution >= 0.6 is 0 Å². The number of aromatic nitrogens is 3. The van der Waals surface area contributed by atoms with Crippen molar-refractivity contribution in [3.05, 3.63) is 56.8 Å². The Bertz CT molecular complexity index is 752. The van der Waals surface area contributed by atoms with Crippen LogP contribution < -0.4 is 5.56 Å². The zero-order valence-electron chi connectivity index (χ0n) is 11.4. The summed E-state index contributed by atoms with van der Waals surface area (Å²) in [6, 6.07) is 3.32. The molecule has 0 bridgehead atoms. The number of carboxylic acid groups (broad SMARTS) is 1. The second-order valence-corrected chi connectivity index (χ2v) is 5.19. The van der Waals surface area contributed by atoms with Crippen LogP contribution in [-0.4, -0.2) is 26.3 Å². The van der Waals surface area contributed by atoms with Crippen LogP contribution in [0.15, 0.2) is 23.1 Å². The predicted octanol–water partition coefficient (Wildman–Crippen LogP) is 1.33. The molecule has 2 heterocycles. The third kappa shape index (κ3) is 2.69. The predicted molar refractivity (Wildman–Crippen MR) is 75.5 cm³/mol. The molecular formula is C15H15N3O3. The Morgan fingerprint density at radius 3 is 2.81 bits per heavy atom. The Balaban J connectivity index is 1.97. The van der Waals surface area contributed by atoms with Gasteiger partial charge >= 0.3 is 5.97 Å². The number of H-pyrrole nitrogens is 1. The number of hydrogen-bond donors (Lipinski definition) is 2. The van der Waals surface area contributed by atoms with Gasteiger partial charge in [0.05, 0.1) is 5.69 Å². The highest BCUT2D eigenvalue weighted by Gasteiger charge is 2.18. The number of pyridine rings is 1. The van der Waals surface area contributed by atoms with E-state index in [9.17, 15) is 9.59 Å². The fraction of sp³-hybridized carbons (Fsp3) is 0.333.